The number of amides is 1. The summed E-state index contributed by atoms with van der Waals surface area (Å²) in [6.45, 7) is 2.73. The number of carbonyl (C=O) groups is 1. The maximum absolute atomic E-state index is 12.3. The Morgan fingerprint density at radius 2 is 1.90 bits per heavy atom. The molecule has 29 heavy (non-hydrogen) atoms. The Hall–Kier alpha value is -2.25. The van der Waals surface area contributed by atoms with E-state index in [0.29, 0.717) is 29.4 Å². The van der Waals surface area contributed by atoms with Gasteiger partial charge in [-0.2, -0.15) is 0 Å². The van der Waals surface area contributed by atoms with Gasteiger partial charge in [-0.3, -0.25) is 9.10 Å². The lowest BCUT2D eigenvalue weighted by atomic mass is 10.0. The summed E-state index contributed by atoms with van der Waals surface area (Å²) in [6, 6.07) is 14.7. The van der Waals surface area contributed by atoms with Gasteiger partial charge in [0.15, 0.2) is 0 Å². The van der Waals surface area contributed by atoms with Crippen LogP contribution >= 0.6 is 11.6 Å². The number of hydrogen-bond acceptors (Lipinski definition) is 4. The van der Waals surface area contributed by atoms with E-state index in [9.17, 15) is 13.2 Å². The molecule has 0 saturated heterocycles. The van der Waals surface area contributed by atoms with Gasteiger partial charge in [0, 0.05) is 24.5 Å². The third kappa shape index (κ3) is 6.94. The number of nitrogens with one attached hydrogen (secondary N) is 1. The van der Waals surface area contributed by atoms with Crippen LogP contribution < -0.4 is 14.4 Å². The number of methoxy groups -OCH3 is 1. The lowest BCUT2D eigenvalue weighted by molar-refractivity contribution is -0.121. The first-order valence-corrected chi connectivity index (χ1v) is 11.6. The molecule has 0 aliphatic rings. The van der Waals surface area contributed by atoms with Crippen LogP contribution in [-0.2, 0) is 14.8 Å². The highest BCUT2D eigenvalue weighted by Crippen LogP contribution is 2.33. The molecule has 2 rings (SSSR count). The average molecular weight is 439 g/mol. The molecule has 2 aromatic rings. The Morgan fingerprint density at radius 1 is 1.21 bits per heavy atom. The summed E-state index contributed by atoms with van der Waals surface area (Å²) in [7, 11) is -2.10. The van der Waals surface area contributed by atoms with Crippen molar-refractivity contribution in [1.82, 2.24) is 5.32 Å². The van der Waals surface area contributed by atoms with Crippen molar-refractivity contribution >= 4 is 33.2 Å². The SMILES string of the molecule is COc1ccc(Cl)cc1N(CCCC(=O)NC[C@@H](C)c1ccccc1)S(C)(=O)=O. The van der Waals surface area contributed by atoms with Gasteiger partial charge in [-0.25, -0.2) is 8.42 Å². The van der Waals surface area contributed by atoms with Crippen molar-refractivity contribution in [3.63, 3.8) is 0 Å². The Bertz CT molecular complexity index is 920. The standard InChI is InChI=1S/C21H27ClN2O4S/c1-16(17-8-5-4-6-9-17)15-23-21(25)10-7-13-24(29(3,26)27)19-14-18(22)11-12-20(19)28-2/h4-6,8-9,11-12,14,16H,7,10,13,15H2,1-3H3,(H,23,25)/t16-/m1/s1. The van der Waals surface area contributed by atoms with Gasteiger partial charge in [-0.05, 0) is 36.1 Å². The van der Waals surface area contributed by atoms with Crippen LogP contribution in [0.25, 0.3) is 0 Å². The largest absolute Gasteiger partial charge is 0.495 e. The fourth-order valence-corrected chi connectivity index (χ4v) is 4.09. The predicted molar refractivity (Wildman–Crippen MR) is 117 cm³/mol. The molecular weight excluding hydrogens is 412 g/mol. The maximum Gasteiger partial charge on any atom is 0.232 e. The molecule has 0 unspecified atom stereocenters. The Balaban J connectivity index is 1.94. The summed E-state index contributed by atoms with van der Waals surface area (Å²) >= 11 is 6.03. The van der Waals surface area contributed by atoms with Crippen molar-refractivity contribution in [2.75, 3.05) is 30.8 Å². The van der Waals surface area contributed by atoms with E-state index in [1.54, 1.807) is 18.2 Å². The minimum absolute atomic E-state index is 0.112. The number of halogens is 1. The van der Waals surface area contributed by atoms with Crippen LogP contribution in [0.2, 0.25) is 5.02 Å². The number of hydrogen-bond donors (Lipinski definition) is 1. The zero-order chi connectivity index (χ0) is 21.4. The van der Waals surface area contributed by atoms with Crippen LogP contribution in [0.4, 0.5) is 5.69 Å². The van der Waals surface area contributed by atoms with Crippen molar-refractivity contribution in [3.8, 4) is 5.75 Å². The normalized spacial score (nSPS) is 12.3. The number of sulfonamides is 1. The number of carbonyl (C=O) groups excluding carboxylic acids is 1. The summed E-state index contributed by atoms with van der Waals surface area (Å²) in [4.78, 5) is 12.2. The molecule has 0 heterocycles. The number of ether oxygens (including phenoxy) is 1. The van der Waals surface area contributed by atoms with Gasteiger partial charge < -0.3 is 10.1 Å². The molecule has 158 valence electrons. The molecular formula is C21H27ClN2O4S. The number of rotatable bonds is 10. The van der Waals surface area contributed by atoms with Crippen LogP contribution in [0.15, 0.2) is 48.5 Å². The molecule has 8 heteroatoms. The van der Waals surface area contributed by atoms with E-state index in [1.807, 2.05) is 37.3 Å². The van der Waals surface area contributed by atoms with Gasteiger partial charge in [0.2, 0.25) is 15.9 Å². The second kappa shape index (κ2) is 10.5. The van der Waals surface area contributed by atoms with Crippen molar-refractivity contribution in [2.24, 2.45) is 0 Å². The zero-order valence-corrected chi connectivity index (χ0v) is 18.5. The summed E-state index contributed by atoms with van der Waals surface area (Å²) in [5, 5.41) is 3.32. The molecule has 6 nitrogen and oxygen atoms in total. The molecule has 0 radical (unpaired) electrons. The van der Waals surface area contributed by atoms with Gasteiger partial charge in [0.25, 0.3) is 0 Å². The van der Waals surface area contributed by atoms with E-state index in [4.69, 9.17) is 16.3 Å². The average Bonchev–Trinajstić information content (AvgIpc) is 2.69. The Morgan fingerprint density at radius 3 is 2.52 bits per heavy atom. The number of nitrogens with zero attached hydrogens (tertiary/aromatic N) is 1. The van der Waals surface area contributed by atoms with Crippen LogP contribution in [0.3, 0.4) is 0 Å². The maximum atomic E-state index is 12.3. The molecule has 0 aromatic heterocycles. The molecule has 0 bridgehead atoms. The molecule has 1 atom stereocenters. The quantitative estimate of drug-likeness (QED) is 0.611. The predicted octanol–water partition coefficient (Wildman–Crippen LogP) is 3.81. The highest BCUT2D eigenvalue weighted by atomic mass is 35.5. The van der Waals surface area contributed by atoms with E-state index in [-0.39, 0.29) is 24.8 Å². The van der Waals surface area contributed by atoms with E-state index in [0.717, 1.165) is 11.8 Å². The van der Waals surface area contributed by atoms with Crippen LogP contribution in [0, 0.1) is 0 Å². The molecule has 0 fully saturated rings. The zero-order valence-electron chi connectivity index (χ0n) is 16.9. The summed E-state index contributed by atoms with van der Waals surface area (Å²) in [6.07, 6.45) is 1.71. The van der Waals surface area contributed by atoms with Gasteiger partial charge in [0.1, 0.15) is 5.75 Å². The lowest BCUT2D eigenvalue weighted by Gasteiger charge is -2.24. The molecule has 0 saturated carbocycles. The first-order valence-electron chi connectivity index (χ1n) is 9.35. The second-order valence-electron chi connectivity index (χ2n) is 6.87. The van der Waals surface area contributed by atoms with E-state index >= 15 is 0 Å². The van der Waals surface area contributed by atoms with E-state index in [2.05, 4.69) is 5.32 Å². The number of benzene rings is 2. The van der Waals surface area contributed by atoms with Crippen molar-refractivity contribution in [2.45, 2.75) is 25.7 Å². The van der Waals surface area contributed by atoms with Gasteiger partial charge in [0.05, 0.1) is 19.1 Å². The van der Waals surface area contributed by atoms with Gasteiger partial charge in [-0.1, -0.05) is 48.9 Å². The van der Waals surface area contributed by atoms with Crippen molar-refractivity contribution in [3.05, 3.63) is 59.1 Å². The van der Waals surface area contributed by atoms with Crippen LogP contribution in [0.1, 0.15) is 31.2 Å². The second-order valence-corrected chi connectivity index (χ2v) is 9.21. The van der Waals surface area contributed by atoms with Gasteiger partial charge in [-0.15, -0.1) is 0 Å². The Labute approximate surface area is 177 Å². The third-order valence-corrected chi connectivity index (χ3v) is 5.96. The smallest absolute Gasteiger partial charge is 0.232 e. The van der Waals surface area contributed by atoms with Gasteiger partial charge >= 0.3 is 0 Å². The summed E-state index contributed by atoms with van der Waals surface area (Å²) in [5.74, 6) is 0.489. The minimum Gasteiger partial charge on any atom is -0.495 e. The molecule has 1 amide bonds. The summed E-state index contributed by atoms with van der Waals surface area (Å²) < 4.78 is 31.1. The van der Waals surface area contributed by atoms with Crippen molar-refractivity contribution in [1.29, 1.82) is 0 Å². The fourth-order valence-electron chi connectivity index (χ4n) is 2.96. The molecule has 0 aliphatic heterocycles. The third-order valence-electron chi connectivity index (χ3n) is 4.55. The Kier molecular flexibility index (Phi) is 8.34. The number of anilines is 1. The monoisotopic (exact) mass is 438 g/mol. The highest BCUT2D eigenvalue weighted by Gasteiger charge is 2.21. The summed E-state index contributed by atoms with van der Waals surface area (Å²) in [5.41, 5.74) is 1.52. The molecule has 1 N–H and O–H groups in total. The van der Waals surface area contributed by atoms with E-state index in [1.165, 1.54) is 11.4 Å². The lowest BCUT2D eigenvalue weighted by Crippen LogP contribution is -2.33. The van der Waals surface area contributed by atoms with Crippen LogP contribution in [-0.4, -0.2) is 40.8 Å². The minimum atomic E-state index is -3.56. The van der Waals surface area contributed by atoms with Crippen molar-refractivity contribution < 1.29 is 17.9 Å². The van der Waals surface area contributed by atoms with Crippen LogP contribution in [0.5, 0.6) is 5.75 Å². The molecule has 0 aliphatic carbocycles. The topological polar surface area (TPSA) is 75.7 Å². The first kappa shape index (κ1) is 23.0. The fraction of sp³-hybridized carbons (Fsp3) is 0.381. The first-order chi connectivity index (χ1) is 13.7. The highest BCUT2D eigenvalue weighted by molar-refractivity contribution is 7.92. The molecule has 0 spiro atoms. The van der Waals surface area contributed by atoms with E-state index < -0.39 is 10.0 Å². The molecule has 2 aromatic carbocycles.